The molecule has 20 heavy (non-hydrogen) atoms. The fourth-order valence-electron chi connectivity index (χ4n) is 3.75. The van der Waals surface area contributed by atoms with E-state index in [0.717, 1.165) is 17.8 Å². The Hall–Kier alpha value is -0.820. The van der Waals surface area contributed by atoms with Gasteiger partial charge in [0.1, 0.15) is 0 Å². The normalized spacial score (nSPS) is 28.6. The number of benzene rings is 1. The molecule has 1 aliphatic rings. The SMILES string of the molecule is Cc1cccc([C@@H](C)NC2CC(C)CCC2C(C)C)c1. The van der Waals surface area contributed by atoms with Crippen molar-refractivity contribution >= 4 is 0 Å². The molecule has 3 unspecified atom stereocenters. The molecular weight excluding hydrogens is 242 g/mol. The fraction of sp³-hybridized carbons (Fsp3) is 0.684. The maximum atomic E-state index is 3.92. The first-order valence-corrected chi connectivity index (χ1v) is 8.30. The number of aryl methyl sites for hydroxylation is 1. The lowest BCUT2D eigenvalue weighted by Gasteiger charge is -2.39. The fourth-order valence-corrected chi connectivity index (χ4v) is 3.75. The average Bonchev–Trinajstić information content (AvgIpc) is 2.38. The molecule has 0 saturated heterocycles. The van der Waals surface area contributed by atoms with Crippen LogP contribution in [0.5, 0.6) is 0 Å². The molecule has 1 aliphatic carbocycles. The molecule has 0 radical (unpaired) electrons. The zero-order valence-corrected chi connectivity index (χ0v) is 13.8. The van der Waals surface area contributed by atoms with Gasteiger partial charge >= 0.3 is 0 Å². The number of hydrogen-bond donors (Lipinski definition) is 1. The van der Waals surface area contributed by atoms with Gasteiger partial charge in [-0.25, -0.2) is 0 Å². The van der Waals surface area contributed by atoms with E-state index in [2.05, 4.69) is 64.2 Å². The van der Waals surface area contributed by atoms with Crippen LogP contribution in [0.4, 0.5) is 0 Å². The Morgan fingerprint density at radius 3 is 2.55 bits per heavy atom. The highest BCUT2D eigenvalue weighted by atomic mass is 15.0. The van der Waals surface area contributed by atoms with E-state index in [4.69, 9.17) is 0 Å². The summed E-state index contributed by atoms with van der Waals surface area (Å²) in [4.78, 5) is 0. The van der Waals surface area contributed by atoms with E-state index < -0.39 is 0 Å². The monoisotopic (exact) mass is 273 g/mol. The van der Waals surface area contributed by atoms with Crippen molar-refractivity contribution in [1.82, 2.24) is 5.32 Å². The minimum absolute atomic E-state index is 0.450. The zero-order chi connectivity index (χ0) is 14.7. The van der Waals surface area contributed by atoms with Crippen molar-refractivity contribution in [2.24, 2.45) is 17.8 Å². The van der Waals surface area contributed by atoms with Crippen LogP contribution in [-0.4, -0.2) is 6.04 Å². The lowest BCUT2D eigenvalue weighted by molar-refractivity contribution is 0.161. The Balaban J connectivity index is 2.05. The van der Waals surface area contributed by atoms with Gasteiger partial charge in [0.2, 0.25) is 0 Å². The molecule has 0 bridgehead atoms. The first-order valence-electron chi connectivity index (χ1n) is 8.30. The summed E-state index contributed by atoms with van der Waals surface area (Å²) in [5, 5.41) is 3.92. The third-order valence-electron chi connectivity index (χ3n) is 5.03. The third kappa shape index (κ3) is 3.85. The highest BCUT2D eigenvalue weighted by Gasteiger charge is 2.31. The molecule has 0 heterocycles. The quantitative estimate of drug-likeness (QED) is 0.804. The highest BCUT2D eigenvalue weighted by molar-refractivity contribution is 5.24. The summed E-state index contributed by atoms with van der Waals surface area (Å²) in [6.45, 7) is 11.7. The average molecular weight is 273 g/mol. The second-order valence-corrected chi connectivity index (χ2v) is 7.24. The van der Waals surface area contributed by atoms with Crippen LogP contribution < -0.4 is 5.32 Å². The summed E-state index contributed by atoms with van der Waals surface area (Å²) in [5.41, 5.74) is 2.78. The Morgan fingerprint density at radius 1 is 1.15 bits per heavy atom. The highest BCUT2D eigenvalue weighted by Crippen LogP contribution is 2.34. The van der Waals surface area contributed by atoms with Crippen molar-refractivity contribution in [3.8, 4) is 0 Å². The molecule has 1 nitrogen and oxygen atoms in total. The van der Waals surface area contributed by atoms with E-state index in [1.165, 1.54) is 30.4 Å². The molecule has 1 heteroatoms. The summed E-state index contributed by atoms with van der Waals surface area (Å²) in [6, 6.07) is 10.0. The molecule has 0 amide bonds. The molecule has 112 valence electrons. The van der Waals surface area contributed by atoms with Crippen molar-refractivity contribution in [1.29, 1.82) is 0 Å². The van der Waals surface area contributed by atoms with Crippen molar-refractivity contribution in [3.63, 3.8) is 0 Å². The summed E-state index contributed by atoms with van der Waals surface area (Å²) >= 11 is 0. The largest absolute Gasteiger partial charge is 0.307 e. The lowest BCUT2D eigenvalue weighted by atomic mass is 9.73. The summed E-state index contributed by atoms with van der Waals surface area (Å²) in [6.07, 6.45) is 4.12. The molecule has 0 aliphatic heterocycles. The van der Waals surface area contributed by atoms with Gasteiger partial charge in [0.15, 0.2) is 0 Å². The van der Waals surface area contributed by atoms with E-state index in [1.807, 2.05) is 0 Å². The second-order valence-electron chi connectivity index (χ2n) is 7.24. The molecule has 1 fully saturated rings. The van der Waals surface area contributed by atoms with Gasteiger partial charge in [-0.05, 0) is 50.0 Å². The van der Waals surface area contributed by atoms with Gasteiger partial charge in [0.05, 0.1) is 0 Å². The van der Waals surface area contributed by atoms with Crippen LogP contribution in [0.3, 0.4) is 0 Å². The third-order valence-corrected chi connectivity index (χ3v) is 5.03. The summed E-state index contributed by atoms with van der Waals surface area (Å²) < 4.78 is 0. The van der Waals surface area contributed by atoms with Crippen LogP contribution in [0, 0.1) is 24.7 Å². The maximum absolute atomic E-state index is 3.92. The number of hydrogen-bond acceptors (Lipinski definition) is 1. The van der Waals surface area contributed by atoms with Gasteiger partial charge in [-0.3, -0.25) is 0 Å². The standard InChI is InChI=1S/C19H31N/c1-13(2)18-10-9-15(4)12-19(18)20-16(5)17-8-6-7-14(3)11-17/h6-8,11,13,15-16,18-20H,9-10,12H2,1-5H3/t15?,16-,18?,19?/m1/s1. The van der Waals surface area contributed by atoms with Crippen molar-refractivity contribution in [2.45, 2.75) is 66.0 Å². The van der Waals surface area contributed by atoms with Gasteiger partial charge in [0, 0.05) is 12.1 Å². The zero-order valence-electron chi connectivity index (χ0n) is 13.8. The van der Waals surface area contributed by atoms with Gasteiger partial charge in [0.25, 0.3) is 0 Å². The van der Waals surface area contributed by atoms with Crippen LogP contribution in [-0.2, 0) is 0 Å². The van der Waals surface area contributed by atoms with Crippen LogP contribution in [0.25, 0.3) is 0 Å². The first-order chi connectivity index (χ1) is 9.47. The van der Waals surface area contributed by atoms with Crippen LogP contribution >= 0.6 is 0 Å². The molecule has 2 rings (SSSR count). The first kappa shape index (κ1) is 15.6. The van der Waals surface area contributed by atoms with Gasteiger partial charge in [-0.15, -0.1) is 0 Å². The molecule has 1 N–H and O–H groups in total. The Labute approximate surface area is 125 Å². The molecule has 4 atom stereocenters. The van der Waals surface area contributed by atoms with Crippen molar-refractivity contribution in [2.75, 3.05) is 0 Å². The Bertz CT molecular complexity index is 424. The second kappa shape index (κ2) is 6.76. The molecule has 0 spiro atoms. The lowest BCUT2D eigenvalue weighted by Crippen LogP contribution is -2.43. The van der Waals surface area contributed by atoms with E-state index >= 15 is 0 Å². The molecule has 0 aromatic heterocycles. The number of rotatable bonds is 4. The molecule has 1 saturated carbocycles. The molecule has 1 aromatic carbocycles. The Kier molecular flexibility index (Phi) is 5.26. The number of nitrogens with one attached hydrogen (secondary N) is 1. The minimum atomic E-state index is 0.450. The van der Waals surface area contributed by atoms with Gasteiger partial charge < -0.3 is 5.32 Å². The van der Waals surface area contributed by atoms with Gasteiger partial charge in [-0.2, -0.15) is 0 Å². The van der Waals surface area contributed by atoms with E-state index in [9.17, 15) is 0 Å². The topological polar surface area (TPSA) is 12.0 Å². The van der Waals surface area contributed by atoms with E-state index in [0.29, 0.717) is 12.1 Å². The van der Waals surface area contributed by atoms with Gasteiger partial charge in [-0.1, -0.05) is 57.0 Å². The molecular formula is C19H31N. The van der Waals surface area contributed by atoms with Crippen LogP contribution in [0.15, 0.2) is 24.3 Å². The smallest absolute Gasteiger partial charge is 0.0294 e. The maximum Gasteiger partial charge on any atom is 0.0294 e. The van der Waals surface area contributed by atoms with Crippen molar-refractivity contribution < 1.29 is 0 Å². The predicted molar refractivity (Wildman–Crippen MR) is 87.9 cm³/mol. The van der Waals surface area contributed by atoms with Crippen molar-refractivity contribution in [3.05, 3.63) is 35.4 Å². The van der Waals surface area contributed by atoms with E-state index in [1.54, 1.807) is 0 Å². The summed E-state index contributed by atoms with van der Waals surface area (Å²) in [7, 11) is 0. The minimum Gasteiger partial charge on any atom is -0.307 e. The van der Waals surface area contributed by atoms with Crippen LogP contribution in [0.2, 0.25) is 0 Å². The van der Waals surface area contributed by atoms with Crippen LogP contribution in [0.1, 0.15) is 64.1 Å². The Morgan fingerprint density at radius 2 is 1.90 bits per heavy atom. The van der Waals surface area contributed by atoms with E-state index in [-0.39, 0.29) is 0 Å². The summed E-state index contributed by atoms with van der Waals surface area (Å²) in [5.74, 6) is 2.48. The predicted octanol–water partition coefficient (Wildman–Crippen LogP) is 5.11. The molecule has 1 aromatic rings.